The number of carbonyl (C=O) groups excluding carboxylic acids is 1. The first-order chi connectivity index (χ1) is 13.5. The van der Waals surface area contributed by atoms with Gasteiger partial charge in [0.1, 0.15) is 5.75 Å². The molecule has 1 heterocycles. The number of benzene rings is 2. The number of para-hydroxylation sites is 1. The number of piperidine rings is 1. The van der Waals surface area contributed by atoms with E-state index >= 15 is 0 Å². The molecule has 2 fully saturated rings. The number of carbonyl (C=O) groups is 1. The molecule has 0 bridgehead atoms. The molecule has 1 saturated heterocycles. The lowest BCUT2D eigenvalue weighted by molar-refractivity contribution is -0.117. The predicted octanol–water partition coefficient (Wildman–Crippen LogP) is 4.00. The summed E-state index contributed by atoms with van der Waals surface area (Å²) >= 11 is 0. The molecular weight excluding hydrogens is 376 g/mol. The van der Waals surface area contributed by atoms with Crippen LogP contribution in [0.3, 0.4) is 0 Å². The van der Waals surface area contributed by atoms with Gasteiger partial charge in [-0.2, -0.15) is 4.31 Å². The van der Waals surface area contributed by atoms with Gasteiger partial charge in [-0.1, -0.05) is 24.6 Å². The summed E-state index contributed by atoms with van der Waals surface area (Å²) in [5.41, 5.74) is 0.388. The maximum Gasteiger partial charge on any atom is 0.243 e. The molecule has 0 unspecified atom stereocenters. The van der Waals surface area contributed by atoms with Crippen LogP contribution < -0.4 is 10.1 Å². The van der Waals surface area contributed by atoms with E-state index < -0.39 is 10.0 Å². The number of rotatable bonds is 6. The second-order valence-corrected chi connectivity index (χ2v) is 9.24. The first kappa shape index (κ1) is 19.0. The van der Waals surface area contributed by atoms with Crippen molar-refractivity contribution < 1.29 is 17.9 Å². The third kappa shape index (κ3) is 4.20. The summed E-state index contributed by atoms with van der Waals surface area (Å²) in [5, 5.41) is 2.86. The molecule has 0 radical (unpaired) electrons. The molecule has 4 rings (SSSR count). The molecule has 2 aliphatic rings. The summed E-state index contributed by atoms with van der Waals surface area (Å²) < 4.78 is 33.5. The Balaban J connectivity index is 1.65. The SMILES string of the molecule is O=C(Nc1cc(S(=O)(=O)N2CCCCC2)ccc1Oc1ccccc1)C1CC1. The molecule has 6 nitrogen and oxygen atoms in total. The van der Waals surface area contributed by atoms with Crippen LogP contribution >= 0.6 is 0 Å². The molecule has 2 aromatic rings. The minimum Gasteiger partial charge on any atom is -0.455 e. The van der Waals surface area contributed by atoms with Crippen LogP contribution in [0.25, 0.3) is 0 Å². The van der Waals surface area contributed by atoms with Crippen molar-refractivity contribution in [1.82, 2.24) is 4.31 Å². The van der Waals surface area contributed by atoms with Crippen molar-refractivity contribution in [3.63, 3.8) is 0 Å². The molecule has 1 saturated carbocycles. The Morgan fingerprint density at radius 3 is 2.39 bits per heavy atom. The van der Waals surface area contributed by atoms with Gasteiger partial charge in [0.15, 0.2) is 5.75 Å². The quantitative estimate of drug-likeness (QED) is 0.795. The number of hydrogen-bond acceptors (Lipinski definition) is 4. The fourth-order valence-corrected chi connectivity index (χ4v) is 4.85. The third-order valence-electron chi connectivity index (χ3n) is 5.08. The zero-order valence-electron chi connectivity index (χ0n) is 15.6. The van der Waals surface area contributed by atoms with Crippen LogP contribution in [-0.2, 0) is 14.8 Å². The Bertz CT molecular complexity index is 950. The molecule has 148 valence electrons. The van der Waals surface area contributed by atoms with E-state index in [2.05, 4.69) is 5.32 Å². The summed E-state index contributed by atoms with van der Waals surface area (Å²) in [6.07, 6.45) is 4.54. The number of anilines is 1. The van der Waals surface area contributed by atoms with Gasteiger partial charge in [-0.25, -0.2) is 8.42 Å². The lowest BCUT2D eigenvalue weighted by Crippen LogP contribution is -2.35. The molecule has 1 amide bonds. The molecule has 2 aromatic carbocycles. The van der Waals surface area contributed by atoms with Crippen LogP contribution in [0.15, 0.2) is 53.4 Å². The van der Waals surface area contributed by atoms with Crippen molar-refractivity contribution in [3.8, 4) is 11.5 Å². The Kier molecular flexibility index (Phi) is 5.37. The zero-order chi connectivity index (χ0) is 19.6. The summed E-state index contributed by atoms with van der Waals surface area (Å²) in [6.45, 7) is 1.07. The molecule has 7 heteroatoms. The van der Waals surface area contributed by atoms with Gasteiger partial charge < -0.3 is 10.1 Å². The van der Waals surface area contributed by atoms with Crippen LogP contribution in [0.1, 0.15) is 32.1 Å². The molecule has 0 spiro atoms. The van der Waals surface area contributed by atoms with E-state index in [1.165, 1.54) is 10.4 Å². The van der Waals surface area contributed by atoms with Gasteiger partial charge in [0, 0.05) is 19.0 Å². The minimum atomic E-state index is -3.59. The number of amides is 1. The lowest BCUT2D eigenvalue weighted by atomic mass is 10.2. The summed E-state index contributed by atoms with van der Waals surface area (Å²) in [7, 11) is -3.59. The van der Waals surface area contributed by atoms with Gasteiger partial charge in [-0.3, -0.25) is 4.79 Å². The number of nitrogens with one attached hydrogen (secondary N) is 1. The maximum atomic E-state index is 13.0. The largest absolute Gasteiger partial charge is 0.455 e. The first-order valence-electron chi connectivity index (χ1n) is 9.72. The second kappa shape index (κ2) is 7.93. The van der Waals surface area contributed by atoms with Crippen molar-refractivity contribution in [2.45, 2.75) is 37.0 Å². The van der Waals surface area contributed by atoms with E-state index in [1.54, 1.807) is 12.1 Å². The van der Waals surface area contributed by atoms with E-state index in [9.17, 15) is 13.2 Å². The van der Waals surface area contributed by atoms with Gasteiger partial charge in [0.2, 0.25) is 15.9 Å². The predicted molar refractivity (Wildman–Crippen MR) is 107 cm³/mol. The summed E-state index contributed by atoms with van der Waals surface area (Å²) in [5.74, 6) is 0.964. The molecule has 1 aliphatic heterocycles. The highest BCUT2D eigenvalue weighted by Crippen LogP contribution is 2.36. The first-order valence-corrected chi connectivity index (χ1v) is 11.2. The Hall–Kier alpha value is -2.38. The van der Waals surface area contributed by atoms with Crippen LogP contribution in [0.5, 0.6) is 11.5 Å². The Morgan fingerprint density at radius 1 is 1.00 bits per heavy atom. The van der Waals surface area contributed by atoms with Gasteiger partial charge in [-0.15, -0.1) is 0 Å². The van der Waals surface area contributed by atoms with E-state index in [4.69, 9.17) is 4.74 Å². The smallest absolute Gasteiger partial charge is 0.243 e. The third-order valence-corrected chi connectivity index (χ3v) is 6.98. The average molecular weight is 401 g/mol. The molecule has 0 aromatic heterocycles. The van der Waals surface area contributed by atoms with Gasteiger partial charge in [-0.05, 0) is 56.0 Å². The monoisotopic (exact) mass is 400 g/mol. The van der Waals surface area contributed by atoms with Crippen molar-refractivity contribution in [2.75, 3.05) is 18.4 Å². The minimum absolute atomic E-state index is 0.00642. The fraction of sp³-hybridized carbons (Fsp3) is 0.381. The molecule has 1 aliphatic carbocycles. The van der Waals surface area contributed by atoms with Gasteiger partial charge in [0.05, 0.1) is 10.6 Å². The fourth-order valence-electron chi connectivity index (χ4n) is 3.31. The van der Waals surface area contributed by atoms with Crippen LogP contribution in [0.4, 0.5) is 5.69 Å². The Morgan fingerprint density at radius 2 is 1.71 bits per heavy atom. The summed E-state index contributed by atoms with van der Waals surface area (Å²) in [4.78, 5) is 12.5. The zero-order valence-corrected chi connectivity index (χ0v) is 16.5. The number of sulfonamides is 1. The van der Waals surface area contributed by atoms with Crippen molar-refractivity contribution in [3.05, 3.63) is 48.5 Å². The van der Waals surface area contributed by atoms with E-state index in [0.717, 1.165) is 32.1 Å². The van der Waals surface area contributed by atoms with E-state index in [0.29, 0.717) is 30.3 Å². The summed E-state index contributed by atoms with van der Waals surface area (Å²) in [6, 6.07) is 13.9. The molecular formula is C21H24N2O4S. The number of nitrogens with zero attached hydrogens (tertiary/aromatic N) is 1. The maximum absolute atomic E-state index is 13.0. The topological polar surface area (TPSA) is 75.7 Å². The molecule has 28 heavy (non-hydrogen) atoms. The molecule has 1 N–H and O–H groups in total. The lowest BCUT2D eigenvalue weighted by Gasteiger charge is -2.26. The normalized spacial score (nSPS) is 17.9. The second-order valence-electron chi connectivity index (χ2n) is 7.30. The van der Waals surface area contributed by atoms with Gasteiger partial charge in [0.25, 0.3) is 0 Å². The Labute approximate surface area is 165 Å². The highest BCUT2D eigenvalue weighted by atomic mass is 32.2. The van der Waals surface area contributed by atoms with Crippen LogP contribution in [0, 0.1) is 5.92 Å². The van der Waals surface area contributed by atoms with Crippen molar-refractivity contribution in [2.24, 2.45) is 5.92 Å². The number of hydrogen-bond donors (Lipinski definition) is 1. The van der Waals surface area contributed by atoms with E-state index in [-0.39, 0.29) is 16.7 Å². The van der Waals surface area contributed by atoms with Crippen LogP contribution in [-0.4, -0.2) is 31.7 Å². The standard InChI is InChI=1S/C21H24N2O4S/c24-21(16-9-10-16)22-19-15-18(28(25,26)23-13-5-2-6-14-23)11-12-20(19)27-17-7-3-1-4-8-17/h1,3-4,7-8,11-12,15-16H,2,5-6,9-10,13-14H2,(H,22,24). The average Bonchev–Trinajstić information content (AvgIpc) is 3.56. The van der Waals surface area contributed by atoms with Crippen molar-refractivity contribution >= 4 is 21.6 Å². The highest BCUT2D eigenvalue weighted by molar-refractivity contribution is 7.89. The van der Waals surface area contributed by atoms with Gasteiger partial charge >= 0.3 is 0 Å². The number of ether oxygens (including phenoxy) is 1. The van der Waals surface area contributed by atoms with Crippen molar-refractivity contribution in [1.29, 1.82) is 0 Å². The highest BCUT2D eigenvalue weighted by Gasteiger charge is 2.31. The molecule has 0 atom stereocenters. The van der Waals surface area contributed by atoms with E-state index in [1.807, 2.05) is 30.3 Å². The van der Waals surface area contributed by atoms with Crippen LogP contribution in [0.2, 0.25) is 0 Å².